The first-order valence-corrected chi connectivity index (χ1v) is 7.80. The highest BCUT2D eigenvalue weighted by molar-refractivity contribution is 6.04. The number of benzene rings is 1. The fraction of sp³-hybridized carbons (Fsp3) is 0.222. The molecule has 0 atom stereocenters. The van der Waals surface area contributed by atoms with Gasteiger partial charge in [-0.3, -0.25) is 19.4 Å². The van der Waals surface area contributed by atoms with E-state index in [9.17, 15) is 14.4 Å². The van der Waals surface area contributed by atoms with Crippen molar-refractivity contribution in [2.45, 2.75) is 26.3 Å². The molecule has 1 aromatic carbocycles. The molecule has 0 aliphatic rings. The molecule has 0 fully saturated rings. The van der Waals surface area contributed by atoms with E-state index in [-0.39, 0.29) is 30.0 Å². The van der Waals surface area contributed by atoms with Crippen molar-refractivity contribution in [3.63, 3.8) is 0 Å². The van der Waals surface area contributed by atoms with Crippen LogP contribution in [0.1, 0.15) is 40.3 Å². The zero-order chi connectivity index (χ0) is 18.4. The molecule has 1 aromatic heterocycles. The quantitative estimate of drug-likeness (QED) is 0.739. The molecule has 2 rings (SSSR count). The van der Waals surface area contributed by atoms with Crippen molar-refractivity contribution >= 4 is 23.4 Å². The summed E-state index contributed by atoms with van der Waals surface area (Å²) in [5, 5.41) is 5.55. The molecule has 0 saturated heterocycles. The average molecular weight is 340 g/mol. The van der Waals surface area contributed by atoms with Gasteiger partial charge in [0, 0.05) is 17.9 Å². The molecule has 7 heteroatoms. The van der Waals surface area contributed by atoms with Gasteiger partial charge in [-0.25, -0.2) is 0 Å². The topological polar surface area (TPSA) is 114 Å². The number of nitrogens with one attached hydrogen (secondary N) is 2. The van der Waals surface area contributed by atoms with Gasteiger partial charge >= 0.3 is 0 Å². The Balaban J connectivity index is 1.97. The summed E-state index contributed by atoms with van der Waals surface area (Å²) in [5.41, 5.74) is 6.96. The molecule has 0 bridgehead atoms. The molecule has 0 unspecified atom stereocenters. The largest absolute Gasteiger partial charge is 0.364 e. The summed E-state index contributed by atoms with van der Waals surface area (Å²) in [5.74, 6) is -1.05. The molecular formula is C18H20N4O3. The molecule has 130 valence electrons. The van der Waals surface area contributed by atoms with E-state index >= 15 is 0 Å². The summed E-state index contributed by atoms with van der Waals surface area (Å²) in [4.78, 5) is 38.7. The molecule has 0 radical (unpaired) electrons. The fourth-order valence-corrected chi connectivity index (χ4v) is 2.14. The highest BCUT2D eigenvalue weighted by Gasteiger charge is 2.09. The average Bonchev–Trinajstić information content (AvgIpc) is 2.56. The van der Waals surface area contributed by atoms with E-state index in [0.717, 1.165) is 5.56 Å². The van der Waals surface area contributed by atoms with Gasteiger partial charge in [-0.05, 0) is 43.7 Å². The second-order valence-corrected chi connectivity index (χ2v) is 5.85. The Kier molecular flexibility index (Phi) is 5.84. The lowest BCUT2D eigenvalue weighted by atomic mass is 10.1. The van der Waals surface area contributed by atoms with Crippen LogP contribution in [0, 0.1) is 0 Å². The Morgan fingerprint density at radius 1 is 1.08 bits per heavy atom. The van der Waals surface area contributed by atoms with Crippen LogP contribution >= 0.6 is 0 Å². The van der Waals surface area contributed by atoms with Crippen LogP contribution in [0.3, 0.4) is 0 Å². The summed E-state index contributed by atoms with van der Waals surface area (Å²) in [6.07, 6.45) is 1.57. The highest BCUT2D eigenvalue weighted by atomic mass is 16.2. The SMILES string of the molecule is CC(C)NC(=O)Cc1ccc(NC(=O)c2ccc(C(N)=O)nc2)cc1. The first-order chi connectivity index (χ1) is 11.8. The lowest BCUT2D eigenvalue weighted by Gasteiger charge is -2.09. The molecule has 25 heavy (non-hydrogen) atoms. The van der Waals surface area contributed by atoms with E-state index < -0.39 is 5.91 Å². The minimum atomic E-state index is -0.649. The number of primary amides is 1. The van der Waals surface area contributed by atoms with Crippen LogP contribution in [0.5, 0.6) is 0 Å². The van der Waals surface area contributed by atoms with E-state index in [1.165, 1.54) is 18.3 Å². The monoisotopic (exact) mass is 340 g/mol. The van der Waals surface area contributed by atoms with Crippen LogP contribution in [-0.2, 0) is 11.2 Å². The Bertz CT molecular complexity index is 768. The number of rotatable bonds is 6. The molecule has 0 aliphatic carbocycles. The first kappa shape index (κ1) is 18.1. The van der Waals surface area contributed by atoms with Gasteiger partial charge in [0.2, 0.25) is 5.91 Å². The first-order valence-electron chi connectivity index (χ1n) is 7.80. The summed E-state index contributed by atoms with van der Waals surface area (Å²) in [6.45, 7) is 3.81. The zero-order valence-corrected chi connectivity index (χ0v) is 14.1. The van der Waals surface area contributed by atoms with Crippen LogP contribution in [0.4, 0.5) is 5.69 Å². The Morgan fingerprint density at radius 3 is 2.28 bits per heavy atom. The third-order valence-electron chi connectivity index (χ3n) is 3.30. The van der Waals surface area contributed by atoms with Crippen molar-refractivity contribution in [1.29, 1.82) is 0 Å². The summed E-state index contributed by atoms with van der Waals surface area (Å²) < 4.78 is 0. The maximum atomic E-state index is 12.1. The molecule has 0 spiro atoms. The third-order valence-corrected chi connectivity index (χ3v) is 3.30. The summed E-state index contributed by atoms with van der Waals surface area (Å²) in [6, 6.07) is 9.98. The molecule has 0 aliphatic heterocycles. The van der Waals surface area contributed by atoms with Gasteiger partial charge in [0.25, 0.3) is 11.8 Å². The van der Waals surface area contributed by atoms with Gasteiger partial charge in [-0.1, -0.05) is 12.1 Å². The van der Waals surface area contributed by atoms with Crippen molar-refractivity contribution in [3.05, 3.63) is 59.4 Å². The molecule has 4 N–H and O–H groups in total. The van der Waals surface area contributed by atoms with Gasteiger partial charge in [0.1, 0.15) is 5.69 Å². The van der Waals surface area contributed by atoms with E-state index in [1.807, 2.05) is 13.8 Å². The molecule has 1 heterocycles. The Morgan fingerprint density at radius 2 is 1.76 bits per heavy atom. The van der Waals surface area contributed by atoms with Crippen LogP contribution < -0.4 is 16.4 Å². The second kappa shape index (κ2) is 8.05. The van der Waals surface area contributed by atoms with Gasteiger partial charge < -0.3 is 16.4 Å². The number of amides is 3. The van der Waals surface area contributed by atoms with E-state index in [4.69, 9.17) is 5.73 Å². The fourth-order valence-electron chi connectivity index (χ4n) is 2.14. The number of anilines is 1. The maximum Gasteiger partial charge on any atom is 0.267 e. The molecule has 3 amide bonds. The standard InChI is InChI=1S/C18H20N4O3/c1-11(2)21-16(23)9-12-3-6-14(7-4-12)22-18(25)13-5-8-15(17(19)24)20-10-13/h3-8,10-11H,9H2,1-2H3,(H2,19,24)(H,21,23)(H,22,25). The second-order valence-electron chi connectivity index (χ2n) is 5.85. The Hall–Kier alpha value is -3.22. The number of hydrogen-bond donors (Lipinski definition) is 3. The van der Waals surface area contributed by atoms with E-state index in [2.05, 4.69) is 15.6 Å². The van der Waals surface area contributed by atoms with Gasteiger partial charge in [-0.2, -0.15) is 0 Å². The Labute approximate surface area is 145 Å². The third kappa shape index (κ3) is 5.42. The van der Waals surface area contributed by atoms with Crippen molar-refractivity contribution in [1.82, 2.24) is 10.3 Å². The predicted molar refractivity (Wildman–Crippen MR) is 94.1 cm³/mol. The van der Waals surface area contributed by atoms with Gasteiger partial charge in [0.05, 0.1) is 12.0 Å². The van der Waals surface area contributed by atoms with E-state index in [1.54, 1.807) is 24.3 Å². The number of nitrogens with zero attached hydrogens (tertiary/aromatic N) is 1. The number of pyridine rings is 1. The lowest BCUT2D eigenvalue weighted by molar-refractivity contribution is -0.120. The van der Waals surface area contributed by atoms with Crippen molar-refractivity contribution in [3.8, 4) is 0 Å². The predicted octanol–water partition coefficient (Wildman–Crippen LogP) is 1.50. The number of aromatic nitrogens is 1. The van der Waals surface area contributed by atoms with Crippen LogP contribution in [0.25, 0.3) is 0 Å². The summed E-state index contributed by atoms with van der Waals surface area (Å²) in [7, 11) is 0. The lowest BCUT2D eigenvalue weighted by Crippen LogP contribution is -2.31. The maximum absolute atomic E-state index is 12.1. The molecule has 0 saturated carbocycles. The number of carbonyl (C=O) groups is 3. The van der Waals surface area contributed by atoms with Gasteiger partial charge in [-0.15, -0.1) is 0 Å². The van der Waals surface area contributed by atoms with Crippen LogP contribution in [0.2, 0.25) is 0 Å². The smallest absolute Gasteiger partial charge is 0.267 e. The van der Waals surface area contributed by atoms with Crippen molar-refractivity contribution in [2.75, 3.05) is 5.32 Å². The molecule has 2 aromatic rings. The van der Waals surface area contributed by atoms with Crippen molar-refractivity contribution in [2.24, 2.45) is 5.73 Å². The zero-order valence-electron chi connectivity index (χ0n) is 14.1. The van der Waals surface area contributed by atoms with Crippen LogP contribution in [0.15, 0.2) is 42.6 Å². The van der Waals surface area contributed by atoms with E-state index in [0.29, 0.717) is 11.3 Å². The van der Waals surface area contributed by atoms with Gasteiger partial charge in [0.15, 0.2) is 0 Å². The molecule has 7 nitrogen and oxygen atoms in total. The van der Waals surface area contributed by atoms with Crippen LogP contribution in [-0.4, -0.2) is 28.7 Å². The van der Waals surface area contributed by atoms with Crippen molar-refractivity contribution < 1.29 is 14.4 Å². The number of nitrogens with two attached hydrogens (primary N) is 1. The molecular weight excluding hydrogens is 320 g/mol. The number of hydrogen-bond acceptors (Lipinski definition) is 4. The number of carbonyl (C=O) groups excluding carboxylic acids is 3. The minimum absolute atomic E-state index is 0.0487. The minimum Gasteiger partial charge on any atom is -0.364 e. The summed E-state index contributed by atoms with van der Waals surface area (Å²) >= 11 is 0. The normalized spacial score (nSPS) is 10.4. The highest BCUT2D eigenvalue weighted by Crippen LogP contribution is 2.12.